The van der Waals surface area contributed by atoms with Crippen LogP contribution in [0.4, 0.5) is 0 Å². The third-order valence-corrected chi connectivity index (χ3v) is 2.56. The fourth-order valence-electron chi connectivity index (χ4n) is 1.41. The molecule has 0 heterocycles. The van der Waals surface area contributed by atoms with Crippen molar-refractivity contribution in [3.05, 3.63) is 0 Å². The molecule has 0 unspecified atom stereocenters. The van der Waals surface area contributed by atoms with Gasteiger partial charge in [0, 0.05) is 27.3 Å². The van der Waals surface area contributed by atoms with Gasteiger partial charge in [0.05, 0.1) is 6.07 Å². The molecule has 1 aliphatic carbocycles. The molecular formula is C10H16N2O2. The van der Waals surface area contributed by atoms with E-state index in [9.17, 15) is 4.79 Å². The maximum absolute atomic E-state index is 11.7. The number of nitriles is 1. The van der Waals surface area contributed by atoms with E-state index in [1.165, 1.54) is 0 Å². The van der Waals surface area contributed by atoms with Gasteiger partial charge >= 0.3 is 0 Å². The van der Waals surface area contributed by atoms with E-state index in [-0.39, 0.29) is 5.91 Å². The summed E-state index contributed by atoms with van der Waals surface area (Å²) in [4.78, 5) is 13.3. The van der Waals surface area contributed by atoms with Gasteiger partial charge in [0.15, 0.2) is 0 Å². The third-order valence-electron chi connectivity index (χ3n) is 2.56. The standard InChI is InChI=1S/C10H16N2O2/c1-12(6-3-7-14-2)9(13)10(8-11)4-5-10/h3-7H2,1-2H3. The average Bonchev–Trinajstić information content (AvgIpc) is 2.97. The lowest BCUT2D eigenvalue weighted by Gasteiger charge is -2.19. The van der Waals surface area contributed by atoms with Gasteiger partial charge in [-0.1, -0.05) is 0 Å². The van der Waals surface area contributed by atoms with Crippen molar-refractivity contribution in [2.45, 2.75) is 19.3 Å². The summed E-state index contributed by atoms with van der Waals surface area (Å²) in [6.45, 7) is 1.31. The maximum atomic E-state index is 11.7. The molecule has 4 heteroatoms. The number of hydrogen-bond acceptors (Lipinski definition) is 3. The summed E-state index contributed by atoms with van der Waals surface area (Å²) in [5.74, 6) is -0.0314. The Hall–Kier alpha value is -1.08. The molecule has 1 aliphatic rings. The summed E-state index contributed by atoms with van der Waals surface area (Å²) >= 11 is 0. The van der Waals surface area contributed by atoms with Gasteiger partial charge < -0.3 is 9.64 Å². The van der Waals surface area contributed by atoms with E-state index < -0.39 is 5.41 Å². The summed E-state index contributed by atoms with van der Waals surface area (Å²) in [7, 11) is 3.38. The SMILES string of the molecule is COCCCN(C)C(=O)C1(C#N)CC1. The van der Waals surface area contributed by atoms with Crippen molar-refractivity contribution >= 4 is 5.91 Å². The van der Waals surface area contributed by atoms with Crippen molar-refractivity contribution in [2.24, 2.45) is 5.41 Å². The van der Waals surface area contributed by atoms with Crippen LogP contribution in [0.2, 0.25) is 0 Å². The van der Waals surface area contributed by atoms with Crippen molar-refractivity contribution in [3.63, 3.8) is 0 Å². The number of carbonyl (C=O) groups excluding carboxylic acids is 1. The minimum absolute atomic E-state index is 0.0314. The van der Waals surface area contributed by atoms with Crippen LogP contribution in [-0.4, -0.2) is 38.1 Å². The zero-order valence-electron chi connectivity index (χ0n) is 8.75. The molecule has 4 nitrogen and oxygen atoms in total. The molecule has 1 fully saturated rings. The van der Waals surface area contributed by atoms with Gasteiger partial charge in [-0.25, -0.2) is 0 Å². The second-order valence-corrected chi connectivity index (χ2v) is 3.77. The lowest BCUT2D eigenvalue weighted by molar-refractivity contribution is -0.133. The van der Waals surface area contributed by atoms with E-state index in [2.05, 4.69) is 6.07 Å². The Bertz CT molecular complexity index is 253. The first kappa shape index (κ1) is 11.0. The van der Waals surface area contributed by atoms with Crippen LogP contribution in [0.25, 0.3) is 0 Å². The van der Waals surface area contributed by atoms with Crippen LogP contribution in [0.15, 0.2) is 0 Å². The number of ether oxygens (including phenoxy) is 1. The van der Waals surface area contributed by atoms with Crippen LogP contribution < -0.4 is 0 Å². The highest BCUT2D eigenvalue weighted by Crippen LogP contribution is 2.46. The van der Waals surface area contributed by atoms with Crippen molar-refractivity contribution in [1.29, 1.82) is 5.26 Å². The van der Waals surface area contributed by atoms with Crippen LogP contribution in [0, 0.1) is 16.7 Å². The molecule has 0 N–H and O–H groups in total. The maximum Gasteiger partial charge on any atom is 0.242 e. The second kappa shape index (κ2) is 4.43. The minimum Gasteiger partial charge on any atom is -0.385 e. The van der Waals surface area contributed by atoms with E-state index in [4.69, 9.17) is 10.00 Å². The molecule has 14 heavy (non-hydrogen) atoms. The van der Waals surface area contributed by atoms with Crippen molar-refractivity contribution < 1.29 is 9.53 Å². The molecule has 0 saturated heterocycles. The van der Waals surface area contributed by atoms with Crippen molar-refractivity contribution in [2.75, 3.05) is 27.3 Å². The van der Waals surface area contributed by atoms with Gasteiger partial charge in [0.2, 0.25) is 5.91 Å². The van der Waals surface area contributed by atoms with Gasteiger partial charge in [-0.3, -0.25) is 4.79 Å². The van der Waals surface area contributed by atoms with Crippen molar-refractivity contribution in [3.8, 4) is 6.07 Å². The number of nitrogens with zero attached hydrogens (tertiary/aromatic N) is 2. The van der Waals surface area contributed by atoms with Crippen LogP contribution in [0.3, 0.4) is 0 Å². The predicted octanol–water partition coefficient (Wildman–Crippen LogP) is 0.785. The Kier molecular flexibility index (Phi) is 3.48. The van der Waals surface area contributed by atoms with Gasteiger partial charge in [0.25, 0.3) is 0 Å². The molecule has 0 aromatic heterocycles. The molecule has 0 bridgehead atoms. The van der Waals surface area contributed by atoms with E-state index in [1.807, 2.05) is 0 Å². The summed E-state index contributed by atoms with van der Waals surface area (Å²) < 4.78 is 4.90. The van der Waals surface area contributed by atoms with Crippen LogP contribution in [-0.2, 0) is 9.53 Å². The predicted molar refractivity (Wildman–Crippen MR) is 51.4 cm³/mol. The molecule has 78 valence electrons. The first-order valence-corrected chi connectivity index (χ1v) is 4.82. The normalized spacial score (nSPS) is 17.2. The second-order valence-electron chi connectivity index (χ2n) is 3.77. The van der Waals surface area contributed by atoms with Crippen LogP contribution in [0.5, 0.6) is 0 Å². The zero-order valence-corrected chi connectivity index (χ0v) is 8.75. The molecule has 1 saturated carbocycles. The molecule has 0 aliphatic heterocycles. The molecule has 0 spiro atoms. The van der Waals surface area contributed by atoms with E-state index in [1.54, 1.807) is 19.1 Å². The monoisotopic (exact) mass is 196 g/mol. The Morgan fingerprint density at radius 3 is 2.71 bits per heavy atom. The average molecular weight is 196 g/mol. The number of hydrogen-bond donors (Lipinski definition) is 0. The summed E-state index contributed by atoms with van der Waals surface area (Å²) in [5, 5.41) is 8.83. The first-order chi connectivity index (χ1) is 6.66. The summed E-state index contributed by atoms with van der Waals surface area (Å²) in [6.07, 6.45) is 2.26. The molecule has 1 rings (SSSR count). The quantitative estimate of drug-likeness (QED) is 0.611. The smallest absolute Gasteiger partial charge is 0.242 e. The molecule has 0 aromatic rings. The summed E-state index contributed by atoms with van der Waals surface area (Å²) in [5.41, 5.74) is -0.679. The molecular weight excluding hydrogens is 180 g/mol. The van der Waals surface area contributed by atoms with Crippen LogP contribution >= 0.6 is 0 Å². The highest BCUT2D eigenvalue weighted by Gasteiger charge is 2.51. The highest BCUT2D eigenvalue weighted by atomic mass is 16.5. The van der Waals surface area contributed by atoms with E-state index in [0.717, 1.165) is 19.3 Å². The van der Waals surface area contributed by atoms with Gasteiger partial charge in [0.1, 0.15) is 5.41 Å². The van der Waals surface area contributed by atoms with Crippen LogP contribution in [0.1, 0.15) is 19.3 Å². The minimum atomic E-state index is -0.679. The molecule has 0 aromatic carbocycles. The number of carbonyl (C=O) groups is 1. The Morgan fingerprint density at radius 1 is 1.64 bits per heavy atom. The molecule has 1 amide bonds. The number of methoxy groups -OCH3 is 1. The fraction of sp³-hybridized carbons (Fsp3) is 0.800. The first-order valence-electron chi connectivity index (χ1n) is 4.82. The zero-order chi connectivity index (χ0) is 10.6. The molecule has 0 radical (unpaired) electrons. The third kappa shape index (κ3) is 2.24. The Balaban J connectivity index is 2.34. The lowest BCUT2D eigenvalue weighted by atomic mass is 10.1. The summed E-state index contributed by atoms with van der Waals surface area (Å²) in [6, 6.07) is 2.10. The van der Waals surface area contributed by atoms with Gasteiger partial charge in [-0.05, 0) is 19.3 Å². The van der Waals surface area contributed by atoms with E-state index in [0.29, 0.717) is 13.2 Å². The number of rotatable bonds is 5. The Labute approximate surface area is 84.4 Å². The van der Waals surface area contributed by atoms with Gasteiger partial charge in [-0.2, -0.15) is 5.26 Å². The van der Waals surface area contributed by atoms with Crippen molar-refractivity contribution in [1.82, 2.24) is 4.90 Å². The topological polar surface area (TPSA) is 53.3 Å². The largest absolute Gasteiger partial charge is 0.385 e. The van der Waals surface area contributed by atoms with E-state index >= 15 is 0 Å². The lowest BCUT2D eigenvalue weighted by Crippen LogP contribution is -2.34. The number of amides is 1. The fourth-order valence-corrected chi connectivity index (χ4v) is 1.41. The highest BCUT2D eigenvalue weighted by molar-refractivity contribution is 5.88. The molecule has 0 atom stereocenters. The Morgan fingerprint density at radius 2 is 2.29 bits per heavy atom. The van der Waals surface area contributed by atoms with Gasteiger partial charge in [-0.15, -0.1) is 0 Å².